The number of aliphatic imine (C=N–C) groups is 3. The minimum atomic E-state index is -0.374. The van der Waals surface area contributed by atoms with E-state index in [1.807, 2.05) is 11.0 Å². The molecule has 38 heavy (non-hydrogen) atoms. The predicted octanol–water partition coefficient (Wildman–Crippen LogP) is 0.406. The first-order valence-corrected chi connectivity index (χ1v) is 13.7. The number of rotatable bonds is 8. The van der Waals surface area contributed by atoms with Crippen molar-refractivity contribution in [2.45, 2.75) is 68.7 Å². The average Bonchev–Trinajstić information content (AvgIpc) is 3.65. The molecule has 3 heterocycles. The summed E-state index contributed by atoms with van der Waals surface area (Å²) >= 11 is 0. The number of guanidine groups is 1. The topological polar surface area (TPSA) is 181 Å². The maximum Gasteiger partial charge on any atom is 0.319 e. The first-order valence-electron chi connectivity index (χ1n) is 12.7. The average molecular weight is 549 g/mol. The summed E-state index contributed by atoms with van der Waals surface area (Å²) < 4.78 is 16.3. The summed E-state index contributed by atoms with van der Waals surface area (Å²) in [5.41, 5.74) is 12.4. The Kier molecular flexibility index (Phi) is 10.2. The number of carbonyl (C=O) groups is 1. The predicted molar refractivity (Wildman–Crippen MR) is 146 cm³/mol. The molecule has 1 aromatic rings. The van der Waals surface area contributed by atoms with Crippen molar-refractivity contribution in [3.05, 3.63) is 30.3 Å². The number of hydrogen-bond donors (Lipinski definition) is 5. The normalized spacial score (nSPS) is 29.7. The zero-order chi connectivity index (χ0) is 26.9. The number of nitrogens with two attached hydrogens (primary N) is 2. The molecule has 0 bridgehead atoms. The lowest BCUT2D eigenvalue weighted by Crippen LogP contribution is -2.57. The molecule has 3 aliphatic heterocycles. The quantitative estimate of drug-likeness (QED) is 0.173. The molecule has 1 aliphatic carbocycles. The van der Waals surface area contributed by atoms with Crippen molar-refractivity contribution in [1.82, 2.24) is 15.3 Å². The third-order valence-corrected chi connectivity index (χ3v) is 7.19. The number of methoxy groups -OCH3 is 1. The lowest BCUT2D eigenvalue weighted by atomic mass is 10.1. The lowest BCUT2D eigenvalue weighted by Gasteiger charge is -2.34. The van der Waals surface area contributed by atoms with Gasteiger partial charge in [0.15, 0.2) is 12.1 Å². The molecule has 0 radical (unpaired) electrons. The van der Waals surface area contributed by atoms with Gasteiger partial charge in [-0.1, -0.05) is 31.0 Å². The number of nitrogens with one attached hydrogen (secondary N) is 2. The maximum absolute atomic E-state index is 11.1. The smallest absolute Gasteiger partial charge is 0.319 e. The van der Waals surface area contributed by atoms with Crippen LogP contribution >= 0.6 is 8.96 Å². The minimum Gasteiger partial charge on any atom is -0.508 e. The van der Waals surface area contributed by atoms with E-state index in [0.717, 1.165) is 18.7 Å². The van der Waals surface area contributed by atoms with Gasteiger partial charge in [0.05, 0.1) is 53.7 Å². The van der Waals surface area contributed by atoms with Crippen molar-refractivity contribution in [3.8, 4) is 5.75 Å². The van der Waals surface area contributed by atoms with Gasteiger partial charge >= 0.3 is 5.97 Å². The number of hydrogen-bond acceptors (Lipinski definition) is 12. The van der Waals surface area contributed by atoms with Gasteiger partial charge in [-0.05, 0) is 31.4 Å². The van der Waals surface area contributed by atoms with Crippen molar-refractivity contribution in [2.24, 2.45) is 26.4 Å². The van der Waals surface area contributed by atoms with Crippen LogP contribution in [0.1, 0.15) is 32.1 Å². The fourth-order valence-electron chi connectivity index (χ4n) is 4.71. The van der Waals surface area contributed by atoms with Crippen LogP contribution in [0.25, 0.3) is 0 Å². The number of para-hydroxylation sites is 1. The van der Waals surface area contributed by atoms with Gasteiger partial charge in [0, 0.05) is 0 Å². The molecule has 0 aromatic heterocycles. The van der Waals surface area contributed by atoms with Crippen molar-refractivity contribution in [3.63, 3.8) is 0 Å². The summed E-state index contributed by atoms with van der Waals surface area (Å²) in [5, 5.41) is 14.6. The number of carbonyl (C=O) groups excluding carboxylic acids is 1. The first kappa shape index (κ1) is 28.2. The number of phenols is 1. The van der Waals surface area contributed by atoms with Gasteiger partial charge in [-0.25, -0.2) is 4.99 Å². The number of phenolic OH excluding ortho intramolecular Hbond substituents is 1. The molecule has 208 valence electrons. The monoisotopic (exact) mass is 548 g/mol. The Balaban J connectivity index is 0.000000417. The zero-order valence-corrected chi connectivity index (χ0v) is 22.4. The lowest BCUT2D eigenvalue weighted by molar-refractivity contribution is -0.139. The highest BCUT2D eigenvalue weighted by Crippen LogP contribution is 2.30. The van der Waals surface area contributed by atoms with Gasteiger partial charge in [0.2, 0.25) is 0 Å². The number of amidine groups is 1. The Morgan fingerprint density at radius 1 is 1.34 bits per heavy atom. The van der Waals surface area contributed by atoms with Crippen LogP contribution in [-0.2, 0) is 18.8 Å². The largest absolute Gasteiger partial charge is 0.508 e. The first-order chi connectivity index (χ1) is 18.4. The van der Waals surface area contributed by atoms with Crippen molar-refractivity contribution >= 4 is 33.1 Å². The molecule has 4 aliphatic rings. The zero-order valence-electron chi connectivity index (χ0n) is 21.4. The van der Waals surface area contributed by atoms with E-state index >= 15 is 0 Å². The number of aromatic hydroxyl groups is 1. The van der Waals surface area contributed by atoms with Gasteiger partial charge in [-0.15, -0.1) is 0 Å². The molecule has 1 saturated carbocycles. The minimum absolute atomic E-state index is 0.0321. The molecule has 13 nitrogen and oxygen atoms in total. The molecule has 1 saturated heterocycles. The second-order valence-corrected chi connectivity index (χ2v) is 10.2. The van der Waals surface area contributed by atoms with Crippen LogP contribution in [-0.4, -0.2) is 91.0 Å². The molecular weight excluding hydrogens is 511 g/mol. The Hall–Kier alpha value is -2.83. The standard InChI is InChI=1S/C18H31N8O4P.C6H6O/c1-28-13(27)7-22-31-29-8-11-6-12(19)17(30-11)26-9-21-14-15(23-10-4-2-3-5-10)24-18(20)25-16(14)26;7-6-4-2-1-3-5-6/h9-12,14,16-17,22,31H,2-8,19H2,1H3,(H3,20,23,24,25);1-5,7H. The Bertz CT molecular complexity index is 1010. The molecule has 2 fully saturated rings. The number of nitrogens with zero attached hydrogens (tertiary/aromatic N) is 4. The maximum atomic E-state index is 11.1. The van der Waals surface area contributed by atoms with Gasteiger partial charge in [0.1, 0.15) is 23.9 Å². The van der Waals surface area contributed by atoms with E-state index in [0.29, 0.717) is 30.8 Å². The van der Waals surface area contributed by atoms with Crippen LogP contribution < -0.4 is 21.9 Å². The number of ether oxygens (including phenoxy) is 2. The van der Waals surface area contributed by atoms with Gasteiger partial charge < -0.3 is 40.8 Å². The third-order valence-electron chi connectivity index (χ3n) is 6.56. The molecular formula is C24H37N8O5P. The van der Waals surface area contributed by atoms with E-state index < -0.39 is 0 Å². The second kappa shape index (κ2) is 13.8. The van der Waals surface area contributed by atoms with Crippen LogP contribution in [0, 0.1) is 0 Å². The van der Waals surface area contributed by atoms with E-state index in [1.165, 1.54) is 20.0 Å². The Morgan fingerprint density at radius 3 is 2.79 bits per heavy atom. The molecule has 0 spiro atoms. The van der Waals surface area contributed by atoms with E-state index in [9.17, 15) is 4.79 Å². The molecule has 6 unspecified atom stereocenters. The Morgan fingerprint density at radius 2 is 2.11 bits per heavy atom. The summed E-state index contributed by atoms with van der Waals surface area (Å²) in [6.45, 7) is 0.478. The van der Waals surface area contributed by atoms with Gasteiger partial charge in [0.25, 0.3) is 0 Å². The van der Waals surface area contributed by atoms with E-state index in [1.54, 1.807) is 30.6 Å². The molecule has 1 aromatic carbocycles. The van der Waals surface area contributed by atoms with E-state index in [-0.39, 0.29) is 52.1 Å². The summed E-state index contributed by atoms with van der Waals surface area (Å²) in [4.78, 5) is 27.1. The highest BCUT2D eigenvalue weighted by Gasteiger charge is 2.46. The number of esters is 1. The fraction of sp³-hybridized carbons (Fsp3) is 0.583. The summed E-state index contributed by atoms with van der Waals surface area (Å²) in [5.74, 6) is 1.09. The molecule has 0 amide bonds. The van der Waals surface area contributed by atoms with Crippen molar-refractivity contribution in [1.29, 1.82) is 0 Å². The summed E-state index contributed by atoms with van der Waals surface area (Å²) in [6, 6.07) is 8.58. The highest BCUT2D eigenvalue weighted by molar-refractivity contribution is 7.29. The highest BCUT2D eigenvalue weighted by atomic mass is 31.1. The molecule has 5 rings (SSSR count). The fourth-order valence-corrected chi connectivity index (χ4v) is 5.30. The molecule has 7 N–H and O–H groups in total. The third kappa shape index (κ3) is 7.61. The van der Waals surface area contributed by atoms with Gasteiger partial charge in [-0.2, -0.15) is 0 Å². The van der Waals surface area contributed by atoms with Crippen LogP contribution in [0.4, 0.5) is 0 Å². The SMILES string of the molecule is COC(=O)CNPOCC1CC(N)C(N2C=NC3C(=NC4CCCC4)NC(N)=NC32)O1.Oc1ccccc1. The summed E-state index contributed by atoms with van der Waals surface area (Å²) in [6.07, 6.45) is 6.16. The number of benzene rings is 1. The van der Waals surface area contributed by atoms with Crippen LogP contribution in [0.3, 0.4) is 0 Å². The summed E-state index contributed by atoms with van der Waals surface area (Å²) in [7, 11) is 1.31. The molecule has 14 heteroatoms. The van der Waals surface area contributed by atoms with Crippen molar-refractivity contribution in [2.75, 3.05) is 20.3 Å². The second-order valence-electron chi connectivity index (χ2n) is 9.39. The van der Waals surface area contributed by atoms with Crippen LogP contribution in [0.15, 0.2) is 45.3 Å². The van der Waals surface area contributed by atoms with Gasteiger partial charge in [-0.3, -0.25) is 19.9 Å². The Labute approximate surface area is 224 Å². The van der Waals surface area contributed by atoms with E-state index in [2.05, 4.69) is 25.1 Å². The molecule has 6 atom stereocenters. The van der Waals surface area contributed by atoms with Crippen LogP contribution in [0.2, 0.25) is 0 Å². The van der Waals surface area contributed by atoms with Crippen molar-refractivity contribution < 1.29 is 23.9 Å². The van der Waals surface area contributed by atoms with Crippen LogP contribution in [0.5, 0.6) is 5.75 Å². The van der Waals surface area contributed by atoms with E-state index in [4.69, 9.17) is 30.8 Å². The number of fused-ring (bicyclic) bond motifs is 1.